The molecule has 0 saturated carbocycles. The van der Waals surface area contributed by atoms with Crippen molar-refractivity contribution in [1.82, 2.24) is 4.90 Å². The molecule has 0 aliphatic carbocycles. The van der Waals surface area contributed by atoms with E-state index in [-0.39, 0.29) is 30.2 Å². The van der Waals surface area contributed by atoms with Crippen molar-refractivity contribution in [2.45, 2.75) is 19.4 Å². The van der Waals surface area contributed by atoms with Crippen molar-refractivity contribution < 1.29 is 19.1 Å². The zero-order valence-corrected chi connectivity index (χ0v) is 13.2. The molecule has 1 aliphatic heterocycles. The van der Waals surface area contributed by atoms with Crippen LogP contribution in [0.5, 0.6) is 5.75 Å². The lowest BCUT2D eigenvalue weighted by atomic mass is 10.1. The number of anilines is 1. The van der Waals surface area contributed by atoms with Crippen LogP contribution in [0.2, 0.25) is 0 Å². The number of nitrogens with zero attached hydrogens (tertiary/aromatic N) is 1. The number of benzene rings is 1. The Bertz CT molecular complexity index is 529. The third-order valence-corrected chi connectivity index (χ3v) is 3.83. The van der Waals surface area contributed by atoms with Crippen molar-refractivity contribution in [3.63, 3.8) is 0 Å². The van der Waals surface area contributed by atoms with E-state index in [0.29, 0.717) is 18.8 Å². The van der Waals surface area contributed by atoms with Gasteiger partial charge in [0.2, 0.25) is 11.8 Å². The number of amides is 2. The monoisotopic (exact) mass is 306 g/mol. The molecule has 2 atom stereocenters. The first-order valence-electron chi connectivity index (χ1n) is 7.28. The highest BCUT2D eigenvalue weighted by atomic mass is 16.5. The van der Waals surface area contributed by atoms with Crippen LogP contribution in [0.25, 0.3) is 0 Å². The van der Waals surface area contributed by atoms with Gasteiger partial charge in [0, 0.05) is 25.8 Å². The number of carbonyl (C=O) groups is 2. The highest BCUT2D eigenvalue weighted by Crippen LogP contribution is 2.23. The fourth-order valence-electron chi connectivity index (χ4n) is 2.58. The smallest absolute Gasteiger partial charge is 0.229 e. The van der Waals surface area contributed by atoms with E-state index in [1.165, 1.54) is 0 Å². The minimum atomic E-state index is -0.325. The van der Waals surface area contributed by atoms with Crippen molar-refractivity contribution in [3.05, 3.63) is 24.3 Å². The minimum Gasteiger partial charge on any atom is -0.497 e. The van der Waals surface area contributed by atoms with Crippen LogP contribution in [0.4, 0.5) is 5.69 Å². The van der Waals surface area contributed by atoms with Gasteiger partial charge in [-0.2, -0.15) is 0 Å². The summed E-state index contributed by atoms with van der Waals surface area (Å²) in [5.41, 5.74) is 0.696. The molecule has 2 amide bonds. The third-order valence-electron chi connectivity index (χ3n) is 3.83. The van der Waals surface area contributed by atoms with Crippen molar-refractivity contribution in [2.24, 2.45) is 5.92 Å². The number of carbonyl (C=O) groups excluding carboxylic acids is 2. The topological polar surface area (TPSA) is 67.9 Å². The number of hydrogen-bond donors (Lipinski definition) is 1. The molecular weight excluding hydrogens is 284 g/mol. The minimum absolute atomic E-state index is 0.000527. The van der Waals surface area contributed by atoms with Crippen LogP contribution in [-0.2, 0) is 14.3 Å². The summed E-state index contributed by atoms with van der Waals surface area (Å²) in [4.78, 5) is 26.0. The van der Waals surface area contributed by atoms with Crippen LogP contribution < -0.4 is 10.1 Å². The molecule has 0 unspecified atom stereocenters. The molecule has 6 nitrogen and oxygen atoms in total. The van der Waals surface area contributed by atoms with E-state index in [4.69, 9.17) is 9.47 Å². The van der Waals surface area contributed by atoms with Crippen molar-refractivity contribution in [3.8, 4) is 5.75 Å². The maximum atomic E-state index is 12.3. The predicted molar refractivity (Wildman–Crippen MR) is 82.8 cm³/mol. The van der Waals surface area contributed by atoms with Gasteiger partial charge in [-0.15, -0.1) is 0 Å². The Kier molecular flexibility index (Phi) is 5.38. The first-order valence-corrected chi connectivity index (χ1v) is 7.28. The first-order chi connectivity index (χ1) is 10.5. The van der Waals surface area contributed by atoms with Crippen LogP contribution >= 0.6 is 0 Å². The van der Waals surface area contributed by atoms with E-state index in [2.05, 4.69) is 5.32 Å². The lowest BCUT2D eigenvalue weighted by Crippen LogP contribution is -2.38. The Morgan fingerprint density at radius 1 is 1.36 bits per heavy atom. The fraction of sp³-hybridized carbons (Fsp3) is 0.500. The van der Waals surface area contributed by atoms with Crippen LogP contribution in [0.1, 0.15) is 13.3 Å². The van der Waals surface area contributed by atoms with Crippen LogP contribution in [-0.4, -0.2) is 50.1 Å². The molecule has 1 aliphatic rings. The van der Waals surface area contributed by atoms with Crippen molar-refractivity contribution in [1.29, 1.82) is 0 Å². The molecule has 6 heteroatoms. The van der Waals surface area contributed by atoms with Gasteiger partial charge in [-0.05, 0) is 31.2 Å². The molecular formula is C16H22N2O4. The second-order valence-corrected chi connectivity index (χ2v) is 5.47. The number of nitrogens with one attached hydrogen (secondary N) is 1. The van der Waals surface area contributed by atoms with Gasteiger partial charge in [-0.25, -0.2) is 0 Å². The predicted octanol–water partition coefficient (Wildman–Crippen LogP) is 1.52. The van der Waals surface area contributed by atoms with Gasteiger partial charge >= 0.3 is 0 Å². The number of rotatable bonds is 6. The second kappa shape index (κ2) is 7.26. The lowest BCUT2D eigenvalue weighted by molar-refractivity contribution is -0.130. The Labute approximate surface area is 130 Å². The highest BCUT2D eigenvalue weighted by molar-refractivity contribution is 5.97. The van der Waals surface area contributed by atoms with Gasteiger partial charge in [-0.1, -0.05) is 0 Å². The maximum Gasteiger partial charge on any atom is 0.229 e. The van der Waals surface area contributed by atoms with Gasteiger partial charge < -0.3 is 19.7 Å². The van der Waals surface area contributed by atoms with Crippen LogP contribution in [0.15, 0.2) is 24.3 Å². The van der Waals surface area contributed by atoms with E-state index in [9.17, 15) is 9.59 Å². The fourth-order valence-corrected chi connectivity index (χ4v) is 2.58. The summed E-state index contributed by atoms with van der Waals surface area (Å²) in [5.74, 6) is 0.271. The molecule has 2 rings (SSSR count). The van der Waals surface area contributed by atoms with E-state index >= 15 is 0 Å². The summed E-state index contributed by atoms with van der Waals surface area (Å²) in [6.45, 7) is 2.83. The third kappa shape index (κ3) is 3.76. The van der Waals surface area contributed by atoms with E-state index in [1.807, 2.05) is 6.92 Å². The summed E-state index contributed by atoms with van der Waals surface area (Å²) < 4.78 is 10.1. The highest BCUT2D eigenvalue weighted by Gasteiger charge is 2.36. The zero-order chi connectivity index (χ0) is 16.1. The van der Waals surface area contributed by atoms with E-state index in [1.54, 1.807) is 43.4 Å². The number of ether oxygens (including phenoxy) is 2. The summed E-state index contributed by atoms with van der Waals surface area (Å²) in [7, 11) is 3.19. The van der Waals surface area contributed by atoms with E-state index < -0.39 is 0 Å². The van der Waals surface area contributed by atoms with Crippen molar-refractivity contribution >= 4 is 17.5 Å². The molecule has 0 radical (unpaired) electrons. The molecule has 1 fully saturated rings. The molecule has 22 heavy (non-hydrogen) atoms. The Morgan fingerprint density at radius 2 is 2.05 bits per heavy atom. The normalized spacial score (nSPS) is 19.1. The Balaban J connectivity index is 1.94. The summed E-state index contributed by atoms with van der Waals surface area (Å²) >= 11 is 0. The molecule has 1 heterocycles. The molecule has 0 bridgehead atoms. The molecule has 1 aromatic carbocycles. The maximum absolute atomic E-state index is 12.3. The largest absolute Gasteiger partial charge is 0.497 e. The molecule has 0 aromatic heterocycles. The number of methoxy groups -OCH3 is 2. The number of hydrogen-bond acceptors (Lipinski definition) is 4. The quantitative estimate of drug-likeness (QED) is 0.865. The second-order valence-electron chi connectivity index (χ2n) is 5.47. The van der Waals surface area contributed by atoms with Crippen molar-refractivity contribution in [2.75, 3.05) is 32.7 Å². The Morgan fingerprint density at radius 3 is 2.64 bits per heavy atom. The van der Waals surface area contributed by atoms with Crippen LogP contribution in [0.3, 0.4) is 0 Å². The molecule has 0 spiro atoms. The summed E-state index contributed by atoms with van der Waals surface area (Å²) in [5, 5.41) is 2.84. The first kappa shape index (κ1) is 16.3. The zero-order valence-electron chi connectivity index (χ0n) is 13.2. The average molecular weight is 306 g/mol. The lowest BCUT2D eigenvalue weighted by Gasteiger charge is -2.23. The molecule has 1 saturated heterocycles. The van der Waals surface area contributed by atoms with Gasteiger partial charge in [-0.3, -0.25) is 9.59 Å². The van der Waals surface area contributed by atoms with Crippen LogP contribution in [0, 0.1) is 5.92 Å². The van der Waals surface area contributed by atoms with Gasteiger partial charge in [0.05, 0.1) is 25.7 Å². The SMILES string of the molecule is COC[C@@H](C)N1C[C@@H](C(=O)Nc2ccc(OC)cc2)CC1=O. The Hall–Kier alpha value is -2.08. The summed E-state index contributed by atoms with van der Waals surface area (Å²) in [6, 6.07) is 7.10. The van der Waals surface area contributed by atoms with E-state index in [0.717, 1.165) is 5.75 Å². The summed E-state index contributed by atoms with van der Waals surface area (Å²) in [6.07, 6.45) is 0.246. The van der Waals surface area contributed by atoms with Gasteiger partial charge in [0.25, 0.3) is 0 Å². The molecule has 120 valence electrons. The van der Waals surface area contributed by atoms with Gasteiger partial charge in [0.1, 0.15) is 5.75 Å². The molecule has 1 aromatic rings. The molecule has 1 N–H and O–H groups in total. The number of likely N-dealkylation sites (tertiary alicyclic amines) is 1. The van der Waals surface area contributed by atoms with Gasteiger partial charge in [0.15, 0.2) is 0 Å². The average Bonchev–Trinajstić information content (AvgIpc) is 2.90. The standard InChI is InChI=1S/C16H22N2O4/c1-11(10-21-2)18-9-12(8-15(18)19)16(20)17-13-4-6-14(22-3)7-5-13/h4-7,11-12H,8-10H2,1-3H3,(H,17,20)/t11-,12+/m1/s1.